The number of unbranched alkanes of at least 4 members (excludes halogenated alkanes) is 2. The highest BCUT2D eigenvalue weighted by molar-refractivity contribution is 6.46. The zero-order chi connectivity index (χ0) is 30.8. The number of rotatable bonds is 15. The number of ether oxygens (including phenoxy) is 4. The van der Waals surface area contributed by atoms with Crippen LogP contribution in [0.25, 0.3) is 5.76 Å². The van der Waals surface area contributed by atoms with Crippen LogP contribution in [0.15, 0.2) is 54.6 Å². The van der Waals surface area contributed by atoms with E-state index in [1.54, 1.807) is 42.4 Å². The van der Waals surface area contributed by atoms with Crippen LogP contribution in [0.4, 0.5) is 0 Å². The summed E-state index contributed by atoms with van der Waals surface area (Å²) in [5.41, 5.74) is 1.93. The normalized spacial score (nSPS) is 18.6. The van der Waals surface area contributed by atoms with Gasteiger partial charge in [0.05, 0.1) is 38.5 Å². The standard InChI is InChI=1S/C34H44N2O7/c1-5-7-8-19-43-28-13-10-25(23-29(28)40-4)31-30(32(37)26-11-12-27(24(3)22-26)42-18-6-2)33(38)34(39)36(31)15-9-14-35-16-20-41-21-17-35/h6,10-13,22-23,31,37H,2,5,7-9,14-21H2,1,3-4H3/b32-30+. The zero-order valence-corrected chi connectivity index (χ0v) is 25.6. The van der Waals surface area contributed by atoms with Crippen LogP contribution in [-0.2, 0) is 14.3 Å². The highest BCUT2D eigenvalue weighted by Crippen LogP contribution is 2.42. The average Bonchev–Trinajstić information content (AvgIpc) is 3.27. The van der Waals surface area contributed by atoms with Gasteiger partial charge in [0.25, 0.3) is 11.7 Å². The maximum Gasteiger partial charge on any atom is 0.295 e. The van der Waals surface area contributed by atoms with Crippen molar-refractivity contribution in [3.8, 4) is 17.2 Å². The van der Waals surface area contributed by atoms with Crippen molar-refractivity contribution in [2.24, 2.45) is 0 Å². The number of aryl methyl sites for hydroxylation is 1. The molecule has 0 bridgehead atoms. The lowest BCUT2D eigenvalue weighted by molar-refractivity contribution is -0.140. The minimum absolute atomic E-state index is 0.0502. The van der Waals surface area contributed by atoms with Gasteiger partial charge in [-0.15, -0.1) is 0 Å². The quantitative estimate of drug-likeness (QED) is 0.0981. The van der Waals surface area contributed by atoms with E-state index >= 15 is 0 Å². The molecular weight excluding hydrogens is 548 g/mol. The van der Waals surface area contributed by atoms with Crippen molar-refractivity contribution >= 4 is 17.4 Å². The molecular formula is C34H44N2O7. The number of ketones is 1. The fraction of sp³-hybridized carbons (Fsp3) is 0.471. The minimum atomic E-state index is -0.787. The topological polar surface area (TPSA) is 97.8 Å². The van der Waals surface area contributed by atoms with Crippen LogP contribution in [0.3, 0.4) is 0 Å². The number of aliphatic hydroxyl groups is 1. The van der Waals surface area contributed by atoms with Crippen molar-refractivity contribution in [3.63, 3.8) is 0 Å². The van der Waals surface area contributed by atoms with Crippen molar-refractivity contribution in [1.29, 1.82) is 0 Å². The number of carbonyl (C=O) groups excluding carboxylic acids is 2. The summed E-state index contributed by atoms with van der Waals surface area (Å²) in [7, 11) is 1.57. The minimum Gasteiger partial charge on any atom is -0.507 e. The molecule has 0 aromatic heterocycles. The molecule has 0 aliphatic carbocycles. The third-order valence-electron chi connectivity index (χ3n) is 7.83. The summed E-state index contributed by atoms with van der Waals surface area (Å²) in [5.74, 6) is 0.185. The molecule has 2 aliphatic heterocycles. The largest absolute Gasteiger partial charge is 0.507 e. The predicted molar refractivity (Wildman–Crippen MR) is 166 cm³/mol. The highest BCUT2D eigenvalue weighted by Gasteiger charge is 2.46. The molecule has 2 saturated heterocycles. The van der Waals surface area contributed by atoms with Crippen LogP contribution in [-0.4, -0.2) is 86.3 Å². The number of amides is 1. The Morgan fingerprint density at radius 1 is 1.02 bits per heavy atom. The fourth-order valence-electron chi connectivity index (χ4n) is 5.52. The smallest absolute Gasteiger partial charge is 0.295 e. The van der Waals surface area contributed by atoms with Crippen LogP contribution < -0.4 is 14.2 Å². The number of Topliss-reactive ketones (excluding diaryl/α,β-unsaturated/α-hetero) is 1. The van der Waals surface area contributed by atoms with E-state index in [1.165, 1.54) is 0 Å². The summed E-state index contributed by atoms with van der Waals surface area (Å²) in [6.07, 6.45) is 5.42. The molecule has 2 aromatic rings. The van der Waals surface area contributed by atoms with E-state index in [0.717, 1.165) is 44.5 Å². The Bertz CT molecular complexity index is 1320. The molecule has 0 saturated carbocycles. The number of aliphatic hydroxyl groups excluding tert-OH is 1. The molecule has 43 heavy (non-hydrogen) atoms. The second-order valence-corrected chi connectivity index (χ2v) is 10.8. The summed E-state index contributed by atoms with van der Waals surface area (Å²) in [6, 6.07) is 9.85. The van der Waals surface area contributed by atoms with Crippen LogP contribution in [0, 0.1) is 6.92 Å². The van der Waals surface area contributed by atoms with Gasteiger partial charge in [-0.3, -0.25) is 14.5 Å². The Hall–Kier alpha value is -3.82. The molecule has 2 aromatic carbocycles. The molecule has 1 unspecified atom stereocenters. The Morgan fingerprint density at radius 3 is 2.49 bits per heavy atom. The first kappa shape index (κ1) is 32.1. The third-order valence-corrected chi connectivity index (χ3v) is 7.83. The predicted octanol–water partition coefficient (Wildman–Crippen LogP) is 5.28. The van der Waals surface area contributed by atoms with E-state index in [4.69, 9.17) is 18.9 Å². The van der Waals surface area contributed by atoms with Gasteiger partial charge in [-0.1, -0.05) is 38.5 Å². The van der Waals surface area contributed by atoms with E-state index in [1.807, 2.05) is 19.1 Å². The van der Waals surface area contributed by atoms with E-state index in [9.17, 15) is 14.7 Å². The SMILES string of the molecule is C=CCOc1ccc(/C(O)=C2\C(=O)C(=O)N(CCCN3CCOCC3)C2c2ccc(OCCCCC)c(OC)c2)cc1C. The average molecular weight is 593 g/mol. The van der Waals surface area contributed by atoms with Crippen molar-refractivity contribution < 1.29 is 33.6 Å². The van der Waals surface area contributed by atoms with Crippen molar-refractivity contribution in [2.75, 3.05) is 59.7 Å². The lowest BCUT2D eigenvalue weighted by atomic mass is 9.94. The van der Waals surface area contributed by atoms with Crippen LogP contribution >= 0.6 is 0 Å². The molecule has 1 N–H and O–H groups in total. The molecule has 0 radical (unpaired) electrons. The van der Waals surface area contributed by atoms with Gasteiger partial charge in [-0.05, 0) is 61.2 Å². The van der Waals surface area contributed by atoms with Gasteiger partial charge >= 0.3 is 0 Å². The first-order valence-corrected chi connectivity index (χ1v) is 15.1. The monoisotopic (exact) mass is 592 g/mol. The molecule has 2 heterocycles. The Balaban J connectivity index is 1.69. The molecule has 232 valence electrons. The van der Waals surface area contributed by atoms with E-state index in [0.29, 0.717) is 67.8 Å². The molecule has 4 rings (SSSR count). The van der Waals surface area contributed by atoms with Crippen LogP contribution in [0.5, 0.6) is 17.2 Å². The second-order valence-electron chi connectivity index (χ2n) is 10.8. The number of methoxy groups -OCH3 is 1. The van der Waals surface area contributed by atoms with Crippen molar-refractivity contribution in [2.45, 2.75) is 45.6 Å². The second kappa shape index (κ2) is 15.6. The summed E-state index contributed by atoms with van der Waals surface area (Å²) in [5, 5.41) is 11.6. The molecule has 2 aliphatic rings. The molecule has 0 spiro atoms. The van der Waals surface area contributed by atoms with Crippen molar-refractivity contribution in [1.82, 2.24) is 9.80 Å². The van der Waals surface area contributed by atoms with Crippen LogP contribution in [0.2, 0.25) is 0 Å². The Kier molecular flexibility index (Phi) is 11.6. The Morgan fingerprint density at radius 2 is 1.79 bits per heavy atom. The first-order valence-electron chi connectivity index (χ1n) is 15.1. The summed E-state index contributed by atoms with van der Waals surface area (Å²) >= 11 is 0. The Labute approximate surface area is 254 Å². The van der Waals surface area contributed by atoms with E-state index < -0.39 is 17.7 Å². The number of carbonyl (C=O) groups is 2. The summed E-state index contributed by atoms with van der Waals surface area (Å²) in [4.78, 5) is 30.9. The summed E-state index contributed by atoms with van der Waals surface area (Å²) in [6.45, 7) is 12.8. The number of nitrogens with zero attached hydrogens (tertiary/aromatic N) is 2. The number of hydrogen-bond donors (Lipinski definition) is 1. The zero-order valence-electron chi connectivity index (χ0n) is 25.6. The number of hydrogen-bond acceptors (Lipinski definition) is 8. The number of benzene rings is 2. The molecule has 9 nitrogen and oxygen atoms in total. The van der Waals surface area contributed by atoms with E-state index in [2.05, 4.69) is 18.4 Å². The lowest BCUT2D eigenvalue weighted by Crippen LogP contribution is -2.39. The van der Waals surface area contributed by atoms with Gasteiger partial charge in [-0.25, -0.2) is 0 Å². The van der Waals surface area contributed by atoms with E-state index in [-0.39, 0.29) is 11.3 Å². The van der Waals surface area contributed by atoms with Gasteiger partial charge in [0.1, 0.15) is 18.1 Å². The van der Waals surface area contributed by atoms with Gasteiger partial charge in [-0.2, -0.15) is 0 Å². The fourth-order valence-corrected chi connectivity index (χ4v) is 5.52. The van der Waals surface area contributed by atoms with Gasteiger partial charge in [0.2, 0.25) is 0 Å². The maximum atomic E-state index is 13.6. The first-order chi connectivity index (χ1) is 20.9. The lowest BCUT2D eigenvalue weighted by Gasteiger charge is -2.29. The molecule has 2 fully saturated rings. The molecule has 9 heteroatoms. The van der Waals surface area contributed by atoms with Gasteiger partial charge < -0.3 is 29.0 Å². The number of morpholine rings is 1. The highest BCUT2D eigenvalue weighted by atomic mass is 16.5. The maximum absolute atomic E-state index is 13.6. The molecule has 1 amide bonds. The number of likely N-dealkylation sites (tertiary alicyclic amines) is 1. The van der Waals surface area contributed by atoms with Gasteiger partial charge in [0, 0.05) is 31.7 Å². The summed E-state index contributed by atoms with van der Waals surface area (Å²) < 4.78 is 22.8. The third kappa shape index (κ3) is 7.77. The van der Waals surface area contributed by atoms with Gasteiger partial charge in [0.15, 0.2) is 11.5 Å². The van der Waals surface area contributed by atoms with Crippen molar-refractivity contribution in [3.05, 3.63) is 71.3 Å². The molecule has 1 atom stereocenters. The van der Waals surface area contributed by atoms with Crippen LogP contribution in [0.1, 0.15) is 55.3 Å².